The number of amides is 1. The lowest BCUT2D eigenvalue weighted by Gasteiger charge is -2.40. The highest BCUT2D eigenvalue weighted by atomic mass is 32.2. The molecule has 2 aliphatic rings. The van der Waals surface area contributed by atoms with Crippen LogP contribution < -0.4 is 5.32 Å². The Morgan fingerprint density at radius 2 is 2.13 bits per heavy atom. The molecule has 1 aromatic rings. The van der Waals surface area contributed by atoms with Gasteiger partial charge in [-0.05, 0) is 12.8 Å². The highest BCUT2D eigenvalue weighted by Gasteiger charge is 2.50. The van der Waals surface area contributed by atoms with Gasteiger partial charge in [0.05, 0.1) is 18.9 Å². The Morgan fingerprint density at radius 1 is 1.43 bits per heavy atom. The standard InChI is InChI=1S/C14H22N4O4S/c1-17-7-12(16-10-17)23(20,21)18-5-3-14(4-6-18)9-15-13(19)11(14)8-22-2/h7,10-11H,3-6,8-9H2,1-2H3,(H,15,19)/t11-/m1/s1. The van der Waals surface area contributed by atoms with Crippen LogP contribution in [-0.2, 0) is 26.6 Å². The van der Waals surface area contributed by atoms with Gasteiger partial charge in [-0.1, -0.05) is 0 Å². The molecule has 1 N–H and O–H groups in total. The first kappa shape index (κ1) is 16.4. The zero-order valence-electron chi connectivity index (χ0n) is 13.4. The molecule has 0 saturated carbocycles. The number of nitrogens with one attached hydrogen (secondary N) is 1. The van der Waals surface area contributed by atoms with Gasteiger partial charge in [0, 0.05) is 45.4 Å². The van der Waals surface area contributed by atoms with E-state index in [1.807, 2.05) is 0 Å². The normalized spacial score (nSPS) is 25.0. The van der Waals surface area contributed by atoms with Crippen molar-refractivity contribution in [2.75, 3.05) is 33.4 Å². The first-order valence-electron chi connectivity index (χ1n) is 7.64. The fraction of sp³-hybridized carbons (Fsp3) is 0.714. The van der Waals surface area contributed by atoms with Gasteiger partial charge in [0.15, 0.2) is 5.03 Å². The lowest BCUT2D eigenvalue weighted by molar-refractivity contribution is -0.126. The molecule has 2 saturated heterocycles. The second-order valence-electron chi connectivity index (χ2n) is 6.37. The number of hydrogen-bond acceptors (Lipinski definition) is 5. The molecule has 23 heavy (non-hydrogen) atoms. The number of sulfonamides is 1. The van der Waals surface area contributed by atoms with Crippen LogP contribution in [0.1, 0.15) is 12.8 Å². The molecule has 1 spiro atoms. The highest BCUT2D eigenvalue weighted by molar-refractivity contribution is 7.89. The zero-order valence-corrected chi connectivity index (χ0v) is 14.2. The lowest BCUT2D eigenvalue weighted by Crippen LogP contribution is -2.47. The average molecular weight is 342 g/mol. The van der Waals surface area contributed by atoms with E-state index in [1.54, 1.807) is 18.7 Å². The Labute approximate surface area is 135 Å². The quantitative estimate of drug-likeness (QED) is 0.802. The van der Waals surface area contributed by atoms with Crippen LogP contribution in [0.2, 0.25) is 0 Å². The highest BCUT2D eigenvalue weighted by Crippen LogP contribution is 2.43. The maximum Gasteiger partial charge on any atom is 0.262 e. The largest absolute Gasteiger partial charge is 0.384 e. The summed E-state index contributed by atoms with van der Waals surface area (Å²) in [6.45, 7) is 1.76. The number of rotatable bonds is 4. The maximum absolute atomic E-state index is 12.6. The third-order valence-corrected chi connectivity index (χ3v) is 6.79. The van der Waals surface area contributed by atoms with E-state index >= 15 is 0 Å². The Kier molecular flexibility index (Phi) is 4.19. The number of hydrogen-bond donors (Lipinski definition) is 1. The maximum atomic E-state index is 12.6. The predicted molar refractivity (Wildman–Crippen MR) is 82.0 cm³/mol. The summed E-state index contributed by atoms with van der Waals surface area (Å²) in [5, 5.41) is 2.98. The molecule has 9 heteroatoms. The molecule has 0 unspecified atom stereocenters. The number of nitrogens with zero attached hydrogens (tertiary/aromatic N) is 3. The molecule has 3 heterocycles. The van der Waals surface area contributed by atoms with Crippen LogP contribution in [0.5, 0.6) is 0 Å². The number of carbonyl (C=O) groups excluding carboxylic acids is 1. The number of ether oxygens (including phenoxy) is 1. The van der Waals surface area contributed by atoms with Gasteiger partial charge in [-0.15, -0.1) is 0 Å². The van der Waals surface area contributed by atoms with Crippen molar-refractivity contribution in [2.45, 2.75) is 17.9 Å². The molecule has 1 aromatic heterocycles. The SMILES string of the molecule is COC[C@@H]1C(=O)NCC12CCN(S(=O)(=O)c1cn(C)cn1)CC2. The van der Waals surface area contributed by atoms with E-state index in [4.69, 9.17) is 4.74 Å². The molecule has 128 valence electrons. The minimum atomic E-state index is -3.57. The number of aromatic nitrogens is 2. The molecule has 3 rings (SSSR count). The first-order valence-corrected chi connectivity index (χ1v) is 9.08. The number of imidazole rings is 1. The van der Waals surface area contributed by atoms with Gasteiger partial charge in [-0.25, -0.2) is 13.4 Å². The topological polar surface area (TPSA) is 93.5 Å². The van der Waals surface area contributed by atoms with Gasteiger partial charge in [-0.3, -0.25) is 4.79 Å². The molecule has 0 radical (unpaired) electrons. The van der Waals surface area contributed by atoms with E-state index in [9.17, 15) is 13.2 Å². The van der Waals surface area contributed by atoms with Gasteiger partial charge in [0.2, 0.25) is 5.91 Å². The van der Waals surface area contributed by atoms with Gasteiger partial charge >= 0.3 is 0 Å². The average Bonchev–Trinajstić information content (AvgIpc) is 3.08. The Morgan fingerprint density at radius 3 is 2.70 bits per heavy atom. The summed E-state index contributed by atoms with van der Waals surface area (Å²) in [7, 11) is -0.244. The van der Waals surface area contributed by atoms with E-state index in [2.05, 4.69) is 10.3 Å². The Hall–Kier alpha value is -1.45. The fourth-order valence-corrected chi connectivity index (χ4v) is 4.97. The van der Waals surface area contributed by atoms with Crippen LogP contribution in [0, 0.1) is 11.3 Å². The minimum absolute atomic E-state index is 0.00730. The molecule has 1 amide bonds. The smallest absolute Gasteiger partial charge is 0.262 e. The van der Waals surface area contributed by atoms with E-state index in [1.165, 1.54) is 16.8 Å². The first-order chi connectivity index (χ1) is 10.9. The van der Waals surface area contributed by atoms with Crippen molar-refractivity contribution in [3.05, 3.63) is 12.5 Å². The van der Waals surface area contributed by atoms with E-state index in [0.717, 1.165) is 0 Å². The summed E-state index contributed by atoms with van der Waals surface area (Å²) in [4.78, 5) is 16.0. The molecule has 8 nitrogen and oxygen atoms in total. The third kappa shape index (κ3) is 2.77. The van der Waals surface area contributed by atoms with Gasteiger partial charge in [0.1, 0.15) is 0 Å². The molecule has 1 atom stereocenters. The van der Waals surface area contributed by atoms with E-state index < -0.39 is 10.0 Å². The molecular formula is C14H22N4O4S. The van der Waals surface area contributed by atoms with Crippen molar-refractivity contribution < 1.29 is 17.9 Å². The number of aryl methyl sites for hydroxylation is 1. The summed E-state index contributed by atoms with van der Waals surface area (Å²) in [6, 6.07) is 0. The molecule has 0 bridgehead atoms. The molecular weight excluding hydrogens is 320 g/mol. The second-order valence-corrected chi connectivity index (χ2v) is 8.25. The number of methoxy groups -OCH3 is 1. The second kappa shape index (κ2) is 5.88. The van der Waals surface area contributed by atoms with Crippen molar-refractivity contribution in [3.63, 3.8) is 0 Å². The zero-order chi connectivity index (χ0) is 16.7. The van der Waals surface area contributed by atoms with Crippen LogP contribution >= 0.6 is 0 Å². The minimum Gasteiger partial charge on any atom is -0.384 e. The number of carbonyl (C=O) groups is 1. The van der Waals surface area contributed by atoms with E-state index in [0.29, 0.717) is 39.1 Å². The van der Waals surface area contributed by atoms with Crippen LogP contribution in [0.3, 0.4) is 0 Å². The third-order valence-electron chi connectivity index (χ3n) is 5.01. The molecule has 0 aromatic carbocycles. The van der Waals surface area contributed by atoms with Crippen LogP contribution in [0.25, 0.3) is 0 Å². The fourth-order valence-electron chi connectivity index (χ4n) is 3.56. The summed E-state index contributed by atoms with van der Waals surface area (Å²) in [6.07, 6.45) is 4.28. The summed E-state index contributed by atoms with van der Waals surface area (Å²) < 4.78 is 33.5. The molecule has 2 aliphatic heterocycles. The summed E-state index contributed by atoms with van der Waals surface area (Å²) in [5.41, 5.74) is -0.205. The van der Waals surface area contributed by atoms with Crippen molar-refractivity contribution in [1.29, 1.82) is 0 Å². The summed E-state index contributed by atoms with van der Waals surface area (Å²) >= 11 is 0. The van der Waals surface area contributed by atoms with Crippen molar-refractivity contribution in [2.24, 2.45) is 18.4 Å². The predicted octanol–water partition coefficient (Wildman–Crippen LogP) is -0.417. The van der Waals surface area contributed by atoms with Crippen molar-refractivity contribution in [1.82, 2.24) is 19.2 Å². The van der Waals surface area contributed by atoms with Gasteiger partial charge < -0.3 is 14.6 Å². The lowest BCUT2D eigenvalue weighted by atomic mass is 9.71. The van der Waals surface area contributed by atoms with Crippen molar-refractivity contribution >= 4 is 15.9 Å². The van der Waals surface area contributed by atoms with Crippen molar-refractivity contribution in [3.8, 4) is 0 Å². The van der Waals surface area contributed by atoms with Gasteiger partial charge in [-0.2, -0.15) is 4.31 Å². The van der Waals surface area contributed by atoms with Crippen LogP contribution in [0.4, 0.5) is 0 Å². The van der Waals surface area contributed by atoms with E-state index in [-0.39, 0.29) is 22.3 Å². The Bertz CT molecular complexity index is 691. The van der Waals surface area contributed by atoms with Crippen LogP contribution in [-0.4, -0.2) is 61.5 Å². The molecule has 0 aliphatic carbocycles. The number of piperidine rings is 1. The van der Waals surface area contributed by atoms with Gasteiger partial charge in [0.25, 0.3) is 10.0 Å². The molecule has 2 fully saturated rings. The summed E-state index contributed by atoms with van der Waals surface area (Å²) in [5.74, 6) is -0.194. The monoisotopic (exact) mass is 342 g/mol. The van der Waals surface area contributed by atoms with Crippen LogP contribution in [0.15, 0.2) is 17.6 Å². The Balaban J connectivity index is 1.74.